The first-order valence-corrected chi connectivity index (χ1v) is 18.3. The molecule has 0 spiro atoms. The van der Waals surface area contributed by atoms with Crippen LogP contribution in [0.25, 0.3) is 11.1 Å². The maximum absolute atomic E-state index is 14.5. The quantitative estimate of drug-likeness (QED) is 0.254. The van der Waals surface area contributed by atoms with Crippen molar-refractivity contribution in [3.05, 3.63) is 60.2 Å². The fourth-order valence-electron chi connectivity index (χ4n) is 7.77. The molecule has 1 aliphatic heterocycles. The molecular formula is C39H53N5O5. The highest BCUT2D eigenvalue weighted by molar-refractivity contribution is 5.95. The zero-order chi connectivity index (χ0) is 34.5. The summed E-state index contributed by atoms with van der Waals surface area (Å²) in [6.45, 7) is 7.96. The van der Waals surface area contributed by atoms with Gasteiger partial charge in [-0.25, -0.2) is 4.79 Å². The van der Waals surface area contributed by atoms with Crippen molar-refractivity contribution < 1.29 is 24.2 Å². The number of anilines is 1. The van der Waals surface area contributed by atoms with Gasteiger partial charge in [-0.2, -0.15) is 5.10 Å². The first-order chi connectivity index (χ1) is 23.7. The number of likely N-dealkylation sites (tertiary alicyclic amines) is 1. The van der Waals surface area contributed by atoms with E-state index < -0.39 is 0 Å². The number of hydrogen-bond acceptors (Lipinski definition) is 7. The Labute approximate surface area is 290 Å². The van der Waals surface area contributed by atoms with Gasteiger partial charge in [0.1, 0.15) is 11.9 Å². The molecule has 3 heterocycles. The van der Waals surface area contributed by atoms with E-state index >= 15 is 0 Å². The topological polar surface area (TPSA) is 110 Å². The fourth-order valence-corrected chi connectivity index (χ4v) is 7.77. The summed E-state index contributed by atoms with van der Waals surface area (Å²) < 4.78 is 13.3. The van der Waals surface area contributed by atoms with Crippen molar-refractivity contribution in [3.8, 4) is 16.9 Å². The summed E-state index contributed by atoms with van der Waals surface area (Å²) in [5.74, 6) is 1.68. The number of piperidine rings is 1. The molecule has 264 valence electrons. The third-order valence-electron chi connectivity index (χ3n) is 10.9. The van der Waals surface area contributed by atoms with Crippen LogP contribution < -0.4 is 9.64 Å². The predicted molar refractivity (Wildman–Crippen MR) is 190 cm³/mol. The Hall–Kier alpha value is -3.92. The van der Waals surface area contributed by atoms with Crippen LogP contribution in [0.2, 0.25) is 0 Å². The van der Waals surface area contributed by atoms with E-state index in [0.717, 1.165) is 59.6 Å². The van der Waals surface area contributed by atoms with E-state index in [2.05, 4.69) is 49.4 Å². The van der Waals surface area contributed by atoms with Crippen LogP contribution in [-0.4, -0.2) is 75.7 Å². The Balaban J connectivity index is 1.14. The minimum atomic E-state index is -0.336. The molecule has 6 rings (SSSR count). The summed E-state index contributed by atoms with van der Waals surface area (Å²) >= 11 is 0. The summed E-state index contributed by atoms with van der Waals surface area (Å²) in [5, 5.41) is 14.3. The van der Waals surface area contributed by atoms with Crippen LogP contribution in [0.1, 0.15) is 101 Å². The molecule has 0 atom stereocenters. The smallest absolute Gasteiger partial charge is 0.410 e. The molecule has 2 amide bonds. The second-order valence-electron chi connectivity index (χ2n) is 14.6. The number of aryl methyl sites for hydroxylation is 1. The number of carbonyl (C=O) groups excluding carboxylic acids is 2. The predicted octanol–water partition coefficient (Wildman–Crippen LogP) is 7.30. The SMILES string of the molecule is COc1ccc(C2CCC(CN(C(=O)C3CCC(OC(=O)N4CCC(O)CC4)CC3)c3cccc(-c4cnn(C(C)C)c4)c3)CC2)nc1C. The fraction of sp³-hybridized carbons (Fsp3) is 0.590. The molecule has 2 aliphatic carbocycles. The van der Waals surface area contributed by atoms with Crippen LogP contribution in [0, 0.1) is 18.8 Å². The van der Waals surface area contributed by atoms with Crippen molar-refractivity contribution in [2.75, 3.05) is 31.6 Å². The van der Waals surface area contributed by atoms with E-state index in [1.165, 1.54) is 0 Å². The molecule has 2 saturated carbocycles. The molecule has 1 saturated heterocycles. The highest BCUT2D eigenvalue weighted by Gasteiger charge is 2.35. The molecule has 0 radical (unpaired) electrons. The van der Waals surface area contributed by atoms with Crippen LogP contribution in [0.15, 0.2) is 48.8 Å². The number of ether oxygens (including phenoxy) is 2. The second-order valence-corrected chi connectivity index (χ2v) is 14.6. The van der Waals surface area contributed by atoms with Gasteiger partial charge in [-0.05, 0) is 121 Å². The highest BCUT2D eigenvalue weighted by atomic mass is 16.6. The summed E-state index contributed by atoms with van der Waals surface area (Å²) in [4.78, 5) is 35.8. The van der Waals surface area contributed by atoms with Crippen molar-refractivity contribution in [1.82, 2.24) is 19.7 Å². The number of methoxy groups -OCH3 is 1. The summed E-state index contributed by atoms with van der Waals surface area (Å²) in [6, 6.07) is 12.7. The Morgan fingerprint density at radius 3 is 2.35 bits per heavy atom. The van der Waals surface area contributed by atoms with Crippen LogP contribution in [-0.2, 0) is 9.53 Å². The Bertz CT molecular complexity index is 1570. The summed E-state index contributed by atoms with van der Waals surface area (Å²) in [7, 11) is 1.68. The van der Waals surface area contributed by atoms with Gasteiger partial charge in [0, 0.05) is 60.7 Å². The van der Waals surface area contributed by atoms with E-state index in [1.54, 1.807) is 12.0 Å². The van der Waals surface area contributed by atoms with E-state index in [4.69, 9.17) is 14.5 Å². The number of aliphatic hydroxyl groups excluding tert-OH is 1. The number of aromatic nitrogens is 3. The largest absolute Gasteiger partial charge is 0.495 e. The maximum atomic E-state index is 14.5. The third kappa shape index (κ3) is 8.46. The molecule has 1 N–H and O–H groups in total. The molecule has 1 aromatic carbocycles. The van der Waals surface area contributed by atoms with Gasteiger partial charge in [0.05, 0.1) is 25.1 Å². The lowest BCUT2D eigenvalue weighted by Crippen LogP contribution is -2.44. The van der Waals surface area contributed by atoms with E-state index in [9.17, 15) is 14.7 Å². The van der Waals surface area contributed by atoms with Crippen molar-refractivity contribution in [3.63, 3.8) is 0 Å². The second kappa shape index (κ2) is 15.7. The molecule has 0 unspecified atom stereocenters. The standard InChI is InChI=1S/C39H53N5O5/c1-26(2)44-25-32(23-40-44)31-6-5-7-33(22-31)43(24-28-8-10-29(11-9-28)36-16-17-37(48-4)27(3)41-36)38(46)30-12-14-35(15-13-30)49-39(47)42-20-18-34(45)19-21-42/h5-7,16-17,22-23,25-26,28-30,34-35,45H,8-15,18-21,24H2,1-4H3. The molecule has 3 aromatic rings. The highest BCUT2D eigenvalue weighted by Crippen LogP contribution is 2.38. The van der Waals surface area contributed by atoms with E-state index in [-0.39, 0.29) is 36.2 Å². The van der Waals surface area contributed by atoms with Crippen molar-refractivity contribution >= 4 is 17.7 Å². The van der Waals surface area contributed by atoms with Crippen LogP contribution in [0.4, 0.5) is 10.5 Å². The molecule has 2 aromatic heterocycles. The average Bonchev–Trinajstić information content (AvgIpc) is 3.63. The molecule has 49 heavy (non-hydrogen) atoms. The number of nitrogens with zero attached hydrogens (tertiary/aromatic N) is 5. The molecule has 3 fully saturated rings. The first kappa shape index (κ1) is 34.9. The van der Waals surface area contributed by atoms with E-state index in [0.29, 0.717) is 70.0 Å². The summed E-state index contributed by atoms with van der Waals surface area (Å²) in [6.07, 6.45) is 11.3. The minimum absolute atomic E-state index is 0.116. The van der Waals surface area contributed by atoms with Crippen LogP contribution >= 0.6 is 0 Å². The van der Waals surface area contributed by atoms with Gasteiger partial charge in [-0.3, -0.25) is 14.5 Å². The Morgan fingerprint density at radius 1 is 0.959 bits per heavy atom. The molecule has 0 bridgehead atoms. The Kier molecular flexibility index (Phi) is 11.2. The number of amides is 2. The summed E-state index contributed by atoms with van der Waals surface area (Å²) in [5.41, 5.74) is 5.07. The van der Waals surface area contributed by atoms with Crippen molar-refractivity contribution in [2.24, 2.45) is 11.8 Å². The maximum Gasteiger partial charge on any atom is 0.410 e. The third-order valence-corrected chi connectivity index (χ3v) is 10.9. The lowest BCUT2D eigenvalue weighted by atomic mass is 9.79. The van der Waals surface area contributed by atoms with E-state index in [1.807, 2.05) is 34.8 Å². The number of carbonyl (C=O) groups is 2. The number of benzene rings is 1. The average molecular weight is 672 g/mol. The van der Waals surface area contributed by atoms with Gasteiger partial charge < -0.3 is 24.4 Å². The van der Waals surface area contributed by atoms with Crippen molar-refractivity contribution in [1.29, 1.82) is 0 Å². The zero-order valence-corrected chi connectivity index (χ0v) is 29.6. The van der Waals surface area contributed by atoms with Gasteiger partial charge in [0.25, 0.3) is 0 Å². The molecule has 10 heteroatoms. The van der Waals surface area contributed by atoms with Gasteiger partial charge in [-0.15, -0.1) is 0 Å². The zero-order valence-electron chi connectivity index (χ0n) is 29.6. The normalized spacial score (nSPS) is 23.3. The lowest BCUT2D eigenvalue weighted by Gasteiger charge is -2.36. The number of hydrogen-bond donors (Lipinski definition) is 1. The number of aliphatic hydroxyl groups is 1. The first-order valence-electron chi connectivity index (χ1n) is 18.3. The molecule has 3 aliphatic rings. The van der Waals surface area contributed by atoms with Crippen molar-refractivity contribution in [2.45, 2.75) is 109 Å². The molecular weight excluding hydrogens is 618 g/mol. The van der Waals surface area contributed by atoms with Gasteiger partial charge in [-0.1, -0.05) is 12.1 Å². The Morgan fingerprint density at radius 2 is 1.69 bits per heavy atom. The van der Waals surface area contributed by atoms with Gasteiger partial charge in [0.15, 0.2) is 0 Å². The lowest BCUT2D eigenvalue weighted by molar-refractivity contribution is -0.124. The van der Waals surface area contributed by atoms with Crippen LogP contribution in [0.3, 0.4) is 0 Å². The number of pyridine rings is 1. The van der Waals surface area contributed by atoms with Gasteiger partial charge in [0.2, 0.25) is 5.91 Å². The van der Waals surface area contributed by atoms with Gasteiger partial charge >= 0.3 is 6.09 Å². The van der Waals surface area contributed by atoms with Crippen LogP contribution in [0.5, 0.6) is 5.75 Å². The number of rotatable bonds is 9. The minimum Gasteiger partial charge on any atom is -0.495 e. The molecule has 10 nitrogen and oxygen atoms in total. The monoisotopic (exact) mass is 671 g/mol.